The molecule has 0 unspecified atom stereocenters. The second kappa shape index (κ2) is 10.9. The number of hydrogen-bond donors (Lipinski definition) is 1. The van der Waals surface area contributed by atoms with Gasteiger partial charge in [0.05, 0.1) is 12.1 Å². The van der Waals surface area contributed by atoms with Gasteiger partial charge in [0.1, 0.15) is 0 Å². The number of nitrogens with zero attached hydrogens (tertiary/aromatic N) is 4. The fourth-order valence-corrected chi connectivity index (χ4v) is 4.05. The molecule has 0 spiro atoms. The summed E-state index contributed by atoms with van der Waals surface area (Å²) in [7, 11) is 3.37. The summed E-state index contributed by atoms with van der Waals surface area (Å²) in [6, 6.07) is 10.6. The Balaban J connectivity index is 1.69. The maximum atomic E-state index is 12.9. The molecular weight excluding hydrogens is 449 g/mol. The molecule has 10 heteroatoms. The lowest BCUT2D eigenvalue weighted by atomic mass is 10.0. The van der Waals surface area contributed by atoms with Crippen LogP contribution in [-0.4, -0.2) is 82.7 Å². The van der Waals surface area contributed by atoms with E-state index in [9.17, 15) is 22.8 Å². The number of carboxylic acid groups (broad SMARTS) is 1. The lowest BCUT2D eigenvalue weighted by Crippen LogP contribution is -2.46. The number of likely N-dealkylation sites (tertiary alicyclic amines) is 1. The van der Waals surface area contributed by atoms with Crippen LogP contribution in [-0.2, 0) is 6.54 Å². The van der Waals surface area contributed by atoms with Crippen LogP contribution >= 0.6 is 0 Å². The lowest BCUT2D eigenvalue weighted by molar-refractivity contribution is -0.140. The molecule has 1 aliphatic rings. The third-order valence-corrected chi connectivity index (χ3v) is 5.98. The number of benzene rings is 1. The molecular formula is C24H29F3N4O3. The molecule has 0 aliphatic carbocycles. The predicted octanol–water partition coefficient (Wildman–Crippen LogP) is 4.35. The van der Waals surface area contributed by atoms with Gasteiger partial charge in [0.15, 0.2) is 0 Å². The van der Waals surface area contributed by atoms with E-state index < -0.39 is 18.7 Å². The summed E-state index contributed by atoms with van der Waals surface area (Å²) in [6.07, 6.45) is -3.54. The van der Waals surface area contributed by atoms with Gasteiger partial charge >= 0.3 is 12.3 Å². The van der Waals surface area contributed by atoms with E-state index in [-0.39, 0.29) is 18.5 Å². The Morgan fingerprint density at radius 2 is 1.74 bits per heavy atom. The molecule has 7 nitrogen and oxygen atoms in total. The van der Waals surface area contributed by atoms with Gasteiger partial charge in [-0.2, -0.15) is 13.2 Å². The van der Waals surface area contributed by atoms with Crippen molar-refractivity contribution in [2.24, 2.45) is 0 Å². The van der Waals surface area contributed by atoms with Crippen LogP contribution in [0.15, 0.2) is 42.6 Å². The molecule has 1 N–H and O–H groups in total. The van der Waals surface area contributed by atoms with Crippen molar-refractivity contribution in [1.29, 1.82) is 0 Å². The highest BCUT2D eigenvalue weighted by Crippen LogP contribution is 2.25. The van der Waals surface area contributed by atoms with Crippen molar-refractivity contribution >= 4 is 12.0 Å². The van der Waals surface area contributed by atoms with E-state index in [0.29, 0.717) is 43.7 Å². The van der Waals surface area contributed by atoms with Gasteiger partial charge in [0, 0.05) is 63.6 Å². The number of hydrogen-bond acceptors (Lipinski definition) is 4. The van der Waals surface area contributed by atoms with Crippen molar-refractivity contribution in [3.05, 3.63) is 53.7 Å². The summed E-state index contributed by atoms with van der Waals surface area (Å²) in [4.78, 5) is 32.2. The van der Waals surface area contributed by atoms with E-state index >= 15 is 0 Å². The molecule has 1 aromatic carbocycles. The Labute approximate surface area is 196 Å². The predicted molar refractivity (Wildman–Crippen MR) is 121 cm³/mol. The van der Waals surface area contributed by atoms with Gasteiger partial charge in [-0.1, -0.05) is 18.2 Å². The SMILES string of the molecule is CN(C)C(=O)c1ccc(-c2ccc(CN(CCC(F)(F)F)C3CCN(C(=O)O)CC3)cn2)cc1. The first-order valence-electron chi connectivity index (χ1n) is 11.1. The summed E-state index contributed by atoms with van der Waals surface area (Å²) < 4.78 is 38.7. The molecule has 2 aromatic rings. The summed E-state index contributed by atoms with van der Waals surface area (Å²) in [6.45, 7) is 0.778. The molecule has 1 aliphatic heterocycles. The minimum atomic E-state index is -4.26. The van der Waals surface area contributed by atoms with Gasteiger partial charge in [-0.3, -0.25) is 14.7 Å². The second-order valence-corrected chi connectivity index (χ2v) is 8.67. The standard InChI is InChI=1S/C24H29F3N4O3/c1-29(2)22(32)19-6-4-18(5-7-19)21-8-3-17(15-28-21)16-31(14-11-24(25,26)27)20-9-12-30(13-10-20)23(33)34/h3-8,15,20H,9-14,16H2,1-2H3,(H,33,34). The van der Waals surface area contributed by atoms with Gasteiger partial charge in [-0.25, -0.2) is 4.79 Å². The summed E-state index contributed by atoms with van der Waals surface area (Å²) >= 11 is 0. The largest absolute Gasteiger partial charge is 0.465 e. The fourth-order valence-electron chi connectivity index (χ4n) is 4.05. The Morgan fingerprint density at radius 3 is 2.24 bits per heavy atom. The molecule has 1 fully saturated rings. The third-order valence-electron chi connectivity index (χ3n) is 5.98. The monoisotopic (exact) mass is 478 g/mol. The minimum absolute atomic E-state index is 0.0945. The maximum Gasteiger partial charge on any atom is 0.407 e. The van der Waals surface area contributed by atoms with E-state index in [2.05, 4.69) is 4.98 Å². The first-order valence-corrected chi connectivity index (χ1v) is 11.1. The zero-order chi connectivity index (χ0) is 24.9. The topological polar surface area (TPSA) is 77.0 Å². The highest BCUT2D eigenvalue weighted by molar-refractivity contribution is 5.94. The van der Waals surface area contributed by atoms with E-state index in [1.807, 2.05) is 24.3 Å². The highest BCUT2D eigenvalue weighted by atomic mass is 19.4. The lowest BCUT2D eigenvalue weighted by Gasteiger charge is -2.37. The number of carbonyl (C=O) groups excluding carboxylic acids is 1. The van der Waals surface area contributed by atoms with E-state index in [4.69, 9.17) is 5.11 Å². The van der Waals surface area contributed by atoms with Crippen LogP contribution in [0, 0.1) is 0 Å². The molecule has 0 bridgehead atoms. The molecule has 2 amide bonds. The number of halogens is 3. The third kappa shape index (κ3) is 6.93. The molecule has 1 saturated heterocycles. The summed E-state index contributed by atoms with van der Waals surface area (Å²) in [5.74, 6) is -0.0945. The number of rotatable bonds is 7. The molecule has 34 heavy (non-hydrogen) atoms. The van der Waals surface area contributed by atoms with Crippen LogP contribution in [0.4, 0.5) is 18.0 Å². The number of carbonyl (C=O) groups is 2. The second-order valence-electron chi connectivity index (χ2n) is 8.67. The van der Waals surface area contributed by atoms with Gasteiger partial charge in [0.25, 0.3) is 5.91 Å². The number of pyridine rings is 1. The van der Waals surface area contributed by atoms with Crippen molar-refractivity contribution in [3.63, 3.8) is 0 Å². The molecule has 1 aromatic heterocycles. The Morgan fingerprint density at radius 1 is 1.09 bits per heavy atom. The van der Waals surface area contributed by atoms with Crippen LogP contribution in [0.5, 0.6) is 0 Å². The molecule has 0 atom stereocenters. The molecule has 2 heterocycles. The number of aromatic nitrogens is 1. The van der Waals surface area contributed by atoms with Crippen LogP contribution in [0.2, 0.25) is 0 Å². The zero-order valence-corrected chi connectivity index (χ0v) is 19.3. The molecule has 3 rings (SSSR count). The quantitative estimate of drug-likeness (QED) is 0.641. The molecule has 0 radical (unpaired) electrons. The first kappa shape index (κ1) is 25.5. The molecule has 0 saturated carbocycles. The Bertz CT molecular complexity index is 970. The van der Waals surface area contributed by atoms with Crippen LogP contribution < -0.4 is 0 Å². The van der Waals surface area contributed by atoms with Crippen LogP contribution in [0.1, 0.15) is 35.2 Å². The Kier molecular flexibility index (Phi) is 8.14. The first-order chi connectivity index (χ1) is 16.0. The Hall–Kier alpha value is -3.14. The number of amides is 2. The van der Waals surface area contributed by atoms with Crippen LogP contribution in [0.3, 0.4) is 0 Å². The fraction of sp³-hybridized carbons (Fsp3) is 0.458. The normalized spacial score (nSPS) is 14.9. The van der Waals surface area contributed by atoms with E-state index in [1.165, 1.54) is 9.80 Å². The number of alkyl halides is 3. The molecule has 184 valence electrons. The van der Waals surface area contributed by atoms with Gasteiger partial charge in [0.2, 0.25) is 0 Å². The van der Waals surface area contributed by atoms with E-state index in [0.717, 1.165) is 11.1 Å². The smallest absolute Gasteiger partial charge is 0.407 e. The van der Waals surface area contributed by atoms with Crippen molar-refractivity contribution in [3.8, 4) is 11.3 Å². The van der Waals surface area contributed by atoms with Gasteiger partial charge in [-0.05, 0) is 36.6 Å². The minimum Gasteiger partial charge on any atom is -0.465 e. The van der Waals surface area contributed by atoms with Gasteiger partial charge in [-0.15, -0.1) is 0 Å². The zero-order valence-electron chi connectivity index (χ0n) is 19.3. The van der Waals surface area contributed by atoms with Crippen molar-refractivity contribution in [2.45, 2.75) is 38.0 Å². The highest BCUT2D eigenvalue weighted by Gasteiger charge is 2.32. The summed E-state index contributed by atoms with van der Waals surface area (Å²) in [5, 5.41) is 9.13. The van der Waals surface area contributed by atoms with Crippen molar-refractivity contribution in [1.82, 2.24) is 19.7 Å². The maximum absolute atomic E-state index is 12.9. The summed E-state index contributed by atoms with van der Waals surface area (Å²) in [5.41, 5.74) is 2.88. The average Bonchev–Trinajstić information content (AvgIpc) is 2.81. The van der Waals surface area contributed by atoms with Gasteiger partial charge < -0.3 is 14.9 Å². The van der Waals surface area contributed by atoms with Crippen molar-refractivity contribution in [2.75, 3.05) is 33.7 Å². The van der Waals surface area contributed by atoms with Crippen molar-refractivity contribution < 1.29 is 27.9 Å². The van der Waals surface area contributed by atoms with Crippen LogP contribution in [0.25, 0.3) is 11.3 Å². The average molecular weight is 479 g/mol. The van der Waals surface area contributed by atoms with E-state index in [1.54, 1.807) is 37.3 Å². The number of piperidine rings is 1.